The number of hydrogen-bond donors (Lipinski definition) is 0. The predicted octanol–water partition coefficient (Wildman–Crippen LogP) is 7.95. The third kappa shape index (κ3) is 6.09. The van der Waals surface area contributed by atoms with Gasteiger partial charge in [0, 0.05) is 13.5 Å². The second-order valence-electron chi connectivity index (χ2n) is 14.9. The highest BCUT2D eigenvalue weighted by atomic mass is 19.1. The molecule has 4 saturated carbocycles. The number of ether oxygens (including phenoxy) is 3. The van der Waals surface area contributed by atoms with E-state index >= 15 is 0 Å². The van der Waals surface area contributed by atoms with Gasteiger partial charge in [-0.05, 0) is 109 Å². The standard InChI is InChI=1S/C36H53FO5/c1-23-15-17-35(3)26(19-23)20-31(42-22-40-5)32-28-13-12-27(36(28,4)18-16-29(32)35)24(2)11-14-30(38)33(37)34(39)41-21-25-9-7-6-8-10-25/h6-10,23-24,26-29,31-33H,11-22H2,1-5H3/t23-,24-,26+,27-,28+,29+,31-,32+,33?,35+,36-/m1/s1. The molecule has 11 atom stereocenters. The highest BCUT2D eigenvalue weighted by Gasteiger charge is 2.63. The van der Waals surface area contributed by atoms with Crippen LogP contribution >= 0.6 is 0 Å². The molecule has 4 fully saturated rings. The van der Waals surface area contributed by atoms with E-state index < -0.39 is 17.9 Å². The highest BCUT2D eigenvalue weighted by Crippen LogP contribution is 2.69. The summed E-state index contributed by atoms with van der Waals surface area (Å²) in [4.78, 5) is 24.9. The lowest BCUT2D eigenvalue weighted by atomic mass is 9.43. The summed E-state index contributed by atoms with van der Waals surface area (Å²) in [6.07, 6.45) is 8.64. The first-order chi connectivity index (χ1) is 20.1. The van der Waals surface area contributed by atoms with Gasteiger partial charge in [0.2, 0.25) is 0 Å². The number of esters is 1. The van der Waals surface area contributed by atoms with Gasteiger partial charge in [-0.25, -0.2) is 9.18 Å². The summed E-state index contributed by atoms with van der Waals surface area (Å²) >= 11 is 0. The molecule has 0 bridgehead atoms. The van der Waals surface area contributed by atoms with Crippen molar-refractivity contribution < 1.29 is 28.2 Å². The van der Waals surface area contributed by atoms with Crippen molar-refractivity contribution in [3.8, 4) is 0 Å². The van der Waals surface area contributed by atoms with Crippen molar-refractivity contribution >= 4 is 11.8 Å². The van der Waals surface area contributed by atoms with E-state index in [1.54, 1.807) is 19.2 Å². The Morgan fingerprint density at radius 1 is 1.00 bits per heavy atom. The first-order valence-corrected chi connectivity index (χ1v) is 16.6. The first-order valence-electron chi connectivity index (χ1n) is 16.6. The lowest BCUT2D eigenvalue weighted by Crippen LogP contribution is -2.58. The molecule has 0 aromatic heterocycles. The Labute approximate surface area is 252 Å². The van der Waals surface area contributed by atoms with Crippen LogP contribution in [0, 0.1) is 52.3 Å². The molecule has 4 aliphatic carbocycles. The number of Topliss-reactive ketones (excluding diaryl/α,β-unsaturated/α-hetero) is 1. The van der Waals surface area contributed by atoms with Gasteiger partial charge in [0.15, 0.2) is 5.78 Å². The average Bonchev–Trinajstić information content (AvgIpc) is 3.35. The minimum atomic E-state index is -2.21. The molecule has 42 heavy (non-hydrogen) atoms. The van der Waals surface area contributed by atoms with Gasteiger partial charge in [-0.3, -0.25) is 4.79 Å². The number of rotatable bonds is 11. The van der Waals surface area contributed by atoms with E-state index in [0.717, 1.165) is 30.2 Å². The van der Waals surface area contributed by atoms with Crippen molar-refractivity contribution in [1.29, 1.82) is 0 Å². The van der Waals surface area contributed by atoms with Crippen molar-refractivity contribution in [2.24, 2.45) is 52.3 Å². The first kappa shape index (κ1) is 31.6. The molecule has 6 heteroatoms. The second kappa shape index (κ2) is 13.1. The van der Waals surface area contributed by atoms with Gasteiger partial charge >= 0.3 is 5.97 Å². The van der Waals surface area contributed by atoms with Crippen molar-refractivity contribution in [2.45, 2.75) is 111 Å². The van der Waals surface area contributed by atoms with Crippen molar-refractivity contribution in [1.82, 2.24) is 0 Å². The quantitative estimate of drug-likeness (QED) is 0.150. The van der Waals surface area contributed by atoms with Gasteiger partial charge in [0.1, 0.15) is 13.4 Å². The molecule has 0 aliphatic heterocycles. The fourth-order valence-corrected chi connectivity index (χ4v) is 10.3. The molecule has 1 unspecified atom stereocenters. The Hall–Kier alpha value is -1.79. The second-order valence-corrected chi connectivity index (χ2v) is 14.9. The molecule has 0 amide bonds. The van der Waals surface area contributed by atoms with E-state index in [0.29, 0.717) is 42.3 Å². The number of fused-ring (bicyclic) bond motifs is 5. The smallest absolute Gasteiger partial charge is 0.348 e. The summed E-state index contributed by atoms with van der Waals surface area (Å²) < 4.78 is 31.7. The van der Waals surface area contributed by atoms with Crippen LogP contribution in [0.15, 0.2) is 30.3 Å². The maximum Gasteiger partial charge on any atom is 0.348 e. The van der Waals surface area contributed by atoms with Crippen LogP contribution in [0.3, 0.4) is 0 Å². The van der Waals surface area contributed by atoms with E-state index in [1.165, 1.54) is 38.5 Å². The molecule has 0 saturated heterocycles. The van der Waals surface area contributed by atoms with Crippen LogP contribution in [0.5, 0.6) is 0 Å². The molecule has 0 heterocycles. The number of carbonyl (C=O) groups excluding carboxylic acids is 2. The summed E-state index contributed by atoms with van der Waals surface area (Å²) in [6, 6.07) is 9.14. The van der Waals surface area contributed by atoms with Gasteiger partial charge in [0.05, 0.1) is 6.10 Å². The number of ketones is 1. The molecule has 0 N–H and O–H groups in total. The largest absolute Gasteiger partial charge is 0.458 e. The molecular weight excluding hydrogens is 531 g/mol. The summed E-state index contributed by atoms with van der Waals surface area (Å²) in [5, 5.41) is 0. The number of methoxy groups -OCH3 is 1. The SMILES string of the molecule is COCO[C@@H]1C[C@@H]2C[C@H](C)CC[C@]2(C)[C@H]2CC[C@]3(C)[C@@H]([C@H](C)CCC(=O)C(F)C(=O)OCc4ccccc4)CC[C@H]3[C@H]12. The lowest BCUT2D eigenvalue weighted by Gasteiger charge is -2.63. The molecule has 5 rings (SSSR count). The Morgan fingerprint density at radius 2 is 1.71 bits per heavy atom. The predicted molar refractivity (Wildman–Crippen MR) is 161 cm³/mol. The maximum atomic E-state index is 14.7. The molecule has 1 aromatic carbocycles. The Balaban J connectivity index is 1.22. The van der Waals surface area contributed by atoms with E-state index in [4.69, 9.17) is 14.2 Å². The number of alkyl halides is 1. The van der Waals surface area contributed by atoms with Crippen LogP contribution in [-0.2, 0) is 30.4 Å². The molecule has 0 radical (unpaired) electrons. The third-order valence-corrected chi connectivity index (χ3v) is 12.6. The van der Waals surface area contributed by atoms with Crippen LogP contribution in [0.1, 0.15) is 97.5 Å². The number of benzene rings is 1. The summed E-state index contributed by atoms with van der Waals surface area (Å²) in [6.45, 7) is 10.1. The maximum absolute atomic E-state index is 14.7. The number of halogens is 1. The van der Waals surface area contributed by atoms with E-state index in [-0.39, 0.29) is 30.5 Å². The van der Waals surface area contributed by atoms with E-state index in [1.807, 2.05) is 18.2 Å². The van der Waals surface area contributed by atoms with Gasteiger partial charge in [0.25, 0.3) is 6.17 Å². The molecule has 4 aliphatic rings. The molecule has 0 spiro atoms. The minimum absolute atomic E-state index is 0.0261. The third-order valence-electron chi connectivity index (χ3n) is 12.6. The van der Waals surface area contributed by atoms with Crippen LogP contribution in [0.2, 0.25) is 0 Å². The van der Waals surface area contributed by atoms with Crippen molar-refractivity contribution in [3.63, 3.8) is 0 Å². The fourth-order valence-electron chi connectivity index (χ4n) is 10.3. The molecule has 234 valence electrons. The van der Waals surface area contributed by atoms with E-state index in [2.05, 4.69) is 27.7 Å². The van der Waals surface area contributed by atoms with Crippen LogP contribution in [-0.4, -0.2) is 37.9 Å². The Bertz CT molecular complexity index is 1080. The van der Waals surface area contributed by atoms with Gasteiger partial charge < -0.3 is 14.2 Å². The zero-order valence-corrected chi connectivity index (χ0v) is 26.5. The number of carbonyl (C=O) groups is 2. The van der Waals surface area contributed by atoms with Crippen molar-refractivity contribution in [2.75, 3.05) is 13.9 Å². The van der Waals surface area contributed by atoms with Crippen LogP contribution in [0.4, 0.5) is 4.39 Å². The molecule has 1 aromatic rings. The van der Waals surface area contributed by atoms with Gasteiger partial charge in [-0.1, -0.05) is 64.4 Å². The summed E-state index contributed by atoms with van der Waals surface area (Å²) in [5.74, 6) is 2.39. The summed E-state index contributed by atoms with van der Waals surface area (Å²) in [7, 11) is 1.72. The zero-order chi connectivity index (χ0) is 30.1. The van der Waals surface area contributed by atoms with E-state index in [9.17, 15) is 14.0 Å². The lowest BCUT2D eigenvalue weighted by molar-refractivity contribution is -0.204. The zero-order valence-electron chi connectivity index (χ0n) is 26.5. The topological polar surface area (TPSA) is 61.8 Å². The summed E-state index contributed by atoms with van der Waals surface area (Å²) in [5.41, 5.74) is 1.35. The normalized spacial score (nSPS) is 39.0. The van der Waals surface area contributed by atoms with Crippen molar-refractivity contribution in [3.05, 3.63) is 35.9 Å². The average molecular weight is 585 g/mol. The molecular formula is C36H53FO5. The van der Waals surface area contributed by atoms with Gasteiger partial charge in [-0.2, -0.15) is 0 Å². The molecule has 5 nitrogen and oxygen atoms in total. The minimum Gasteiger partial charge on any atom is -0.458 e. The fraction of sp³-hybridized carbons (Fsp3) is 0.778. The van der Waals surface area contributed by atoms with Crippen LogP contribution < -0.4 is 0 Å². The number of hydrogen-bond acceptors (Lipinski definition) is 5. The monoisotopic (exact) mass is 584 g/mol. The highest BCUT2D eigenvalue weighted by molar-refractivity contribution is 6.01. The van der Waals surface area contributed by atoms with Gasteiger partial charge in [-0.15, -0.1) is 0 Å². The Morgan fingerprint density at radius 3 is 2.45 bits per heavy atom. The Kier molecular flexibility index (Phi) is 9.83. The van der Waals surface area contributed by atoms with Crippen LogP contribution in [0.25, 0.3) is 0 Å².